The van der Waals surface area contributed by atoms with E-state index in [0.717, 1.165) is 5.69 Å². The largest absolute Gasteiger partial charge is 0.369 e. The number of H-pyrrole nitrogens is 1. The van der Waals surface area contributed by atoms with E-state index >= 15 is 0 Å². The average Bonchev–Trinajstić information content (AvgIpc) is 3.24. The third-order valence-corrected chi connectivity index (χ3v) is 4.48. The predicted octanol–water partition coefficient (Wildman–Crippen LogP) is 0.0842. The maximum absolute atomic E-state index is 11.9. The summed E-state index contributed by atoms with van der Waals surface area (Å²) in [5.41, 5.74) is 0.885. The molecular weight excluding hydrogens is 332 g/mol. The van der Waals surface area contributed by atoms with Gasteiger partial charge in [0.25, 0.3) is 10.0 Å². The molecule has 11 heteroatoms. The van der Waals surface area contributed by atoms with E-state index in [1.165, 1.54) is 18.9 Å². The van der Waals surface area contributed by atoms with Crippen molar-refractivity contribution in [2.75, 3.05) is 18.4 Å². The van der Waals surface area contributed by atoms with Crippen LogP contribution in [0.25, 0.3) is 5.82 Å². The van der Waals surface area contributed by atoms with Gasteiger partial charge in [0, 0.05) is 25.4 Å². The van der Waals surface area contributed by atoms with Gasteiger partial charge in [-0.25, -0.2) is 32.8 Å². The van der Waals surface area contributed by atoms with Crippen LogP contribution in [0.5, 0.6) is 0 Å². The van der Waals surface area contributed by atoms with E-state index in [4.69, 9.17) is 0 Å². The summed E-state index contributed by atoms with van der Waals surface area (Å²) < 4.78 is 27.9. The Morgan fingerprint density at radius 1 is 1.29 bits per heavy atom. The molecule has 3 N–H and O–H groups in total. The molecule has 0 aromatic carbocycles. The Morgan fingerprint density at radius 3 is 2.88 bits per heavy atom. The Labute approximate surface area is 138 Å². The van der Waals surface area contributed by atoms with Crippen LogP contribution in [0, 0.1) is 6.92 Å². The Morgan fingerprint density at radius 2 is 2.17 bits per heavy atom. The molecule has 0 atom stereocenters. The zero-order chi connectivity index (χ0) is 17.0. The highest BCUT2D eigenvalue weighted by Gasteiger charge is 2.14. The normalized spacial score (nSPS) is 11.5. The van der Waals surface area contributed by atoms with Crippen LogP contribution in [0.1, 0.15) is 5.69 Å². The summed E-state index contributed by atoms with van der Waals surface area (Å²) in [7, 11) is -3.57. The van der Waals surface area contributed by atoms with Gasteiger partial charge in [-0.05, 0) is 13.0 Å². The van der Waals surface area contributed by atoms with Crippen molar-refractivity contribution in [3.05, 3.63) is 42.9 Å². The maximum atomic E-state index is 11.9. The number of imidazole rings is 1. The maximum Gasteiger partial charge on any atom is 0.257 e. The first-order valence-electron chi connectivity index (χ1n) is 7.11. The minimum Gasteiger partial charge on any atom is -0.369 e. The summed E-state index contributed by atoms with van der Waals surface area (Å²) in [6.45, 7) is 2.45. The van der Waals surface area contributed by atoms with Crippen LogP contribution < -0.4 is 10.0 Å². The lowest BCUT2D eigenvalue weighted by Crippen LogP contribution is -2.29. The molecule has 10 nitrogen and oxygen atoms in total. The van der Waals surface area contributed by atoms with Crippen molar-refractivity contribution in [3.63, 3.8) is 0 Å². The number of nitrogens with zero attached hydrogens (tertiary/aromatic N) is 5. The highest BCUT2D eigenvalue weighted by Crippen LogP contribution is 2.08. The summed E-state index contributed by atoms with van der Waals surface area (Å²) >= 11 is 0. The van der Waals surface area contributed by atoms with Crippen LogP contribution in [0.15, 0.2) is 42.2 Å². The van der Waals surface area contributed by atoms with Crippen LogP contribution in [-0.2, 0) is 10.0 Å². The van der Waals surface area contributed by atoms with E-state index in [9.17, 15) is 8.42 Å². The van der Waals surface area contributed by atoms with Crippen molar-refractivity contribution >= 4 is 15.8 Å². The van der Waals surface area contributed by atoms with E-state index in [0.29, 0.717) is 18.2 Å². The molecule has 0 fully saturated rings. The number of nitrogens with one attached hydrogen (secondary N) is 3. The molecule has 0 spiro atoms. The molecule has 0 unspecified atom stereocenters. The van der Waals surface area contributed by atoms with E-state index in [1.54, 1.807) is 16.9 Å². The van der Waals surface area contributed by atoms with Crippen LogP contribution in [-0.4, -0.2) is 51.2 Å². The molecule has 3 rings (SSSR count). The van der Waals surface area contributed by atoms with Crippen molar-refractivity contribution in [2.45, 2.75) is 11.9 Å². The first-order valence-corrected chi connectivity index (χ1v) is 8.59. The first kappa shape index (κ1) is 16.1. The Kier molecular flexibility index (Phi) is 4.53. The third-order valence-electron chi connectivity index (χ3n) is 3.10. The second kappa shape index (κ2) is 6.76. The van der Waals surface area contributed by atoms with E-state index < -0.39 is 10.0 Å². The number of aromatic amines is 1. The summed E-state index contributed by atoms with van der Waals surface area (Å²) in [6, 6.07) is 3.61. The topological polar surface area (TPSA) is 130 Å². The molecule has 0 saturated carbocycles. The number of aromatic nitrogens is 6. The summed E-state index contributed by atoms with van der Waals surface area (Å²) in [4.78, 5) is 14.5. The Balaban J connectivity index is 1.56. The van der Waals surface area contributed by atoms with Crippen molar-refractivity contribution in [1.82, 2.24) is 34.4 Å². The van der Waals surface area contributed by atoms with Gasteiger partial charge in [-0.15, -0.1) is 0 Å². The monoisotopic (exact) mass is 348 g/mol. The van der Waals surface area contributed by atoms with Crippen LogP contribution in [0.4, 0.5) is 5.82 Å². The van der Waals surface area contributed by atoms with Gasteiger partial charge in [-0.1, -0.05) is 0 Å². The number of rotatable bonds is 7. The summed E-state index contributed by atoms with van der Waals surface area (Å²) in [5, 5.41) is 7.34. The van der Waals surface area contributed by atoms with E-state index in [2.05, 4.69) is 35.1 Å². The van der Waals surface area contributed by atoms with Crippen molar-refractivity contribution < 1.29 is 8.42 Å². The minimum absolute atomic E-state index is 0.0286. The second-order valence-electron chi connectivity index (χ2n) is 4.90. The second-order valence-corrected chi connectivity index (χ2v) is 6.64. The average molecular weight is 348 g/mol. The molecule has 126 valence electrons. The number of aryl methyl sites for hydroxylation is 1. The van der Waals surface area contributed by atoms with Gasteiger partial charge in [-0.3, -0.25) is 0 Å². The standard InChI is InChI=1S/C13H16N8O2S/c1-10-2-5-21(20-10)12-6-11(16-9-17-12)15-3-4-19-24(22,23)13-7-14-8-18-13/h2,5-9,19H,3-4H2,1H3,(H,14,18)(H,15,16,17). The number of hydrogen-bond acceptors (Lipinski definition) is 7. The highest BCUT2D eigenvalue weighted by molar-refractivity contribution is 7.89. The van der Waals surface area contributed by atoms with Gasteiger partial charge < -0.3 is 10.3 Å². The van der Waals surface area contributed by atoms with Crippen LogP contribution in [0.3, 0.4) is 0 Å². The number of sulfonamides is 1. The molecule has 0 radical (unpaired) electrons. The van der Waals surface area contributed by atoms with Gasteiger partial charge in [0.1, 0.15) is 12.1 Å². The molecule has 0 bridgehead atoms. The molecule has 0 aliphatic carbocycles. The predicted molar refractivity (Wildman–Crippen MR) is 86.2 cm³/mol. The molecule has 3 aromatic heterocycles. The zero-order valence-electron chi connectivity index (χ0n) is 12.8. The Bertz CT molecular complexity index is 904. The van der Waals surface area contributed by atoms with Crippen LogP contribution >= 0.6 is 0 Å². The lowest BCUT2D eigenvalue weighted by molar-refractivity contribution is 0.579. The fraction of sp³-hybridized carbons (Fsp3) is 0.231. The molecule has 0 aliphatic heterocycles. The quantitative estimate of drug-likeness (QED) is 0.516. The van der Waals surface area contributed by atoms with E-state index in [-0.39, 0.29) is 11.6 Å². The first-order chi connectivity index (χ1) is 11.5. The number of hydrogen-bond donors (Lipinski definition) is 3. The van der Waals surface area contributed by atoms with Gasteiger partial charge in [0.2, 0.25) is 0 Å². The zero-order valence-corrected chi connectivity index (χ0v) is 13.7. The summed E-state index contributed by atoms with van der Waals surface area (Å²) in [5.74, 6) is 1.20. The van der Waals surface area contributed by atoms with Crippen molar-refractivity contribution in [2.24, 2.45) is 0 Å². The molecule has 24 heavy (non-hydrogen) atoms. The summed E-state index contributed by atoms with van der Waals surface area (Å²) in [6.07, 6.45) is 5.79. The van der Waals surface area contributed by atoms with E-state index in [1.807, 2.05) is 13.0 Å². The fourth-order valence-electron chi connectivity index (χ4n) is 1.96. The van der Waals surface area contributed by atoms with Crippen LogP contribution in [0.2, 0.25) is 0 Å². The third kappa shape index (κ3) is 3.75. The Hall–Kier alpha value is -2.79. The molecule has 0 aliphatic rings. The van der Waals surface area contributed by atoms with Gasteiger partial charge >= 0.3 is 0 Å². The minimum atomic E-state index is -3.57. The van der Waals surface area contributed by atoms with Gasteiger partial charge in [0.15, 0.2) is 10.8 Å². The van der Waals surface area contributed by atoms with Gasteiger partial charge in [-0.2, -0.15) is 5.10 Å². The lowest BCUT2D eigenvalue weighted by atomic mass is 10.5. The molecule has 0 amide bonds. The van der Waals surface area contributed by atoms with Gasteiger partial charge in [0.05, 0.1) is 18.2 Å². The number of anilines is 1. The van der Waals surface area contributed by atoms with Crippen molar-refractivity contribution in [3.8, 4) is 5.82 Å². The molecule has 3 heterocycles. The van der Waals surface area contributed by atoms with Crippen molar-refractivity contribution in [1.29, 1.82) is 0 Å². The molecular formula is C13H16N8O2S. The highest BCUT2D eigenvalue weighted by atomic mass is 32.2. The molecule has 0 saturated heterocycles. The smallest absolute Gasteiger partial charge is 0.257 e. The lowest BCUT2D eigenvalue weighted by Gasteiger charge is -2.08. The molecule has 3 aromatic rings. The SMILES string of the molecule is Cc1ccn(-c2cc(NCCNS(=O)(=O)c3cnc[nH]3)ncn2)n1. The fourth-order valence-corrected chi connectivity index (χ4v) is 2.89.